The summed E-state index contributed by atoms with van der Waals surface area (Å²) in [6.45, 7) is 2.01. The van der Waals surface area contributed by atoms with Crippen LogP contribution in [0, 0.1) is 0 Å². The summed E-state index contributed by atoms with van der Waals surface area (Å²) in [7, 11) is 0. The van der Waals surface area contributed by atoms with Crippen LogP contribution in [-0.2, 0) is 16.0 Å². The first-order chi connectivity index (χ1) is 11.6. The number of fused-ring (bicyclic) bond motifs is 1. The molecule has 0 fully saturated rings. The van der Waals surface area contributed by atoms with Crippen molar-refractivity contribution in [3.8, 4) is 0 Å². The highest BCUT2D eigenvalue weighted by atomic mass is 16.2. The van der Waals surface area contributed by atoms with E-state index in [0.29, 0.717) is 6.42 Å². The molecule has 124 valence electrons. The Morgan fingerprint density at radius 1 is 1.08 bits per heavy atom. The maximum atomic E-state index is 12.5. The quantitative estimate of drug-likeness (QED) is 0.939. The van der Waals surface area contributed by atoms with Crippen LogP contribution in [0.5, 0.6) is 0 Å². The third-order valence-electron chi connectivity index (χ3n) is 4.40. The molecule has 24 heavy (non-hydrogen) atoms. The van der Waals surface area contributed by atoms with Crippen molar-refractivity contribution in [1.29, 1.82) is 0 Å². The lowest BCUT2D eigenvalue weighted by Crippen LogP contribution is -2.41. The zero-order valence-corrected chi connectivity index (χ0v) is 13.9. The van der Waals surface area contributed by atoms with Gasteiger partial charge < -0.3 is 10.2 Å². The van der Waals surface area contributed by atoms with Crippen LogP contribution in [0.3, 0.4) is 0 Å². The van der Waals surface area contributed by atoms with Gasteiger partial charge in [0.1, 0.15) is 6.54 Å². The summed E-state index contributed by atoms with van der Waals surface area (Å²) in [6, 6.07) is 17.6. The molecule has 0 aromatic heterocycles. The Hall–Kier alpha value is -2.62. The smallest absolute Gasteiger partial charge is 0.240 e. The van der Waals surface area contributed by atoms with E-state index in [0.717, 1.165) is 29.7 Å². The molecule has 0 unspecified atom stereocenters. The van der Waals surface area contributed by atoms with Gasteiger partial charge in [0.25, 0.3) is 0 Å². The second-order valence-corrected chi connectivity index (χ2v) is 6.16. The Morgan fingerprint density at radius 3 is 2.58 bits per heavy atom. The Kier molecular flexibility index (Phi) is 4.94. The number of nitrogens with zero attached hydrogens (tertiary/aromatic N) is 1. The number of para-hydroxylation sites is 1. The van der Waals surface area contributed by atoms with Gasteiger partial charge in [0, 0.05) is 12.1 Å². The fourth-order valence-corrected chi connectivity index (χ4v) is 3.11. The molecule has 1 atom stereocenters. The molecule has 1 aliphatic rings. The largest absolute Gasteiger partial charge is 0.348 e. The molecule has 0 saturated heterocycles. The summed E-state index contributed by atoms with van der Waals surface area (Å²) in [5.74, 6) is -0.126. The van der Waals surface area contributed by atoms with Gasteiger partial charge in [-0.25, -0.2) is 0 Å². The highest BCUT2D eigenvalue weighted by Crippen LogP contribution is 2.26. The molecule has 1 heterocycles. The molecule has 0 radical (unpaired) electrons. The first-order valence-corrected chi connectivity index (χ1v) is 8.38. The Morgan fingerprint density at radius 2 is 1.79 bits per heavy atom. The molecule has 4 nitrogen and oxygen atoms in total. The van der Waals surface area contributed by atoms with E-state index in [4.69, 9.17) is 0 Å². The van der Waals surface area contributed by atoms with Crippen LogP contribution in [-0.4, -0.2) is 18.4 Å². The molecule has 2 aromatic carbocycles. The molecule has 0 saturated carbocycles. The first-order valence-electron chi connectivity index (χ1n) is 8.38. The van der Waals surface area contributed by atoms with E-state index < -0.39 is 0 Å². The van der Waals surface area contributed by atoms with Crippen molar-refractivity contribution < 1.29 is 9.59 Å². The average Bonchev–Trinajstić information content (AvgIpc) is 2.75. The van der Waals surface area contributed by atoms with Crippen LogP contribution in [0.1, 0.15) is 36.9 Å². The topological polar surface area (TPSA) is 49.4 Å². The van der Waals surface area contributed by atoms with Gasteiger partial charge in [-0.1, -0.05) is 48.5 Å². The summed E-state index contributed by atoms with van der Waals surface area (Å²) in [5.41, 5.74) is 3.04. The molecule has 1 aliphatic heterocycles. The van der Waals surface area contributed by atoms with Gasteiger partial charge in [0.15, 0.2) is 0 Å². The van der Waals surface area contributed by atoms with Gasteiger partial charge in [0.2, 0.25) is 11.8 Å². The highest BCUT2D eigenvalue weighted by molar-refractivity contribution is 5.99. The van der Waals surface area contributed by atoms with E-state index in [1.165, 1.54) is 0 Å². The fraction of sp³-hybridized carbons (Fsp3) is 0.300. The molecule has 2 aromatic rings. The van der Waals surface area contributed by atoms with E-state index in [1.807, 2.05) is 61.5 Å². The van der Waals surface area contributed by atoms with Crippen molar-refractivity contribution in [3.63, 3.8) is 0 Å². The van der Waals surface area contributed by atoms with Crippen LogP contribution in [0.4, 0.5) is 5.69 Å². The lowest BCUT2D eigenvalue weighted by Gasteiger charge is -2.23. The molecule has 0 spiro atoms. The summed E-state index contributed by atoms with van der Waals surface area (Å²) in [6.07, 6.45) is 2.19. The van der Waals surface area contributed by atoms with E-state index in [-0.39, 0.29) is 24.4 Å². The number of amides is 2. The summed E-state index contributed by atoms with van der Waals surface area (Å²) < 4.78 is 0. The Balaban J connectivity index is 1.72. The maximum Gasteiger partial charge on any atom is 0.240 e. The number of nitrogens with one attached hydrogen (secondary N) is 1. The molecule has 0 aliphatic carbocycles. The van der Waals surface area contributed by atoms with Gasteiger partial charge in [-0.2, -0.15) is 0 Å². The van der Waals surface area contributed by atoms with Gasteiger partial charge in [-0.05, 0) is 37.0 Å². The van der Waals surface area contributed by atoms with Crippen molar-refractivity contribution in [2.24, 2.45) is 0 Å². The van der Waals surface area contributed by atoms with Gasteiger partial charge in [-0.3, -0.25) is 9.59 Å². The third-order valence-corrected chi connectivity index (χ3v) is 4.40. The number of rotatable bonds is 4. The zero-order valence-electron chi connectivity index (χ0n) is 13.9. The SMILES string of the molecule is C[C@H](NC(=O)CN1C(=O)CCCc2ccccc21)c1ccccc1. The van der Waals surface area contributed by atoms with E-state index in [2.05, 4.69) is 5.32 Å². The number of hydrogen-bond acceptors (Lipinski definition) is 2. The van der Waals surface area contributed by atoms with E-state index in [9.17, 15) is 9.59 Å². The molecular weight excluding hydrogens is 300 g/mol. The Labute approximate surface area is 142 Å². The molecule has 4 heteroatoms. The monoisotopic (exact) mass is 322 g/mol. The lowest BCUT2D eigenvalue weighted by atomic mass is 10.1. The number of carbonyl (C=O) groups excluding carboxylic acids is 2. The first kappa shape index (κ1) is 16.2. The van der Waals surface area contributed by atoms with Gasteiger partial charge in [-0.15, -0.1) is 0 Å². The van der Waals surface area contributed by atoms with Crippen LogP contribution in [0.25, 0.3) is 0 Å². The summed E-state index contributed by atoms with van der Waals surface area (Å²) >= 11 is 0. The van der Waals surface area contributed by atoms with Crippen LogP contribution in [0.15, 0.2) is 54.6 Å². The van der Waals surface area contributed by atoms with Crippen LogP contribution < -0.4 is 10.2 Å². The van der Waals surface area contributed by atoms with Crippen molar-refractivity contribution >= 4 is 17.5 Å². The van der Waals surface area contributed by atoms with E-state index >= 15 is 0 Å². The molecule has 2 amide bonds. The minimum atomic E-state index is -0.142. The second-order valence-electron chi connectivity index (χ2n) is 6.16. The maximum absolute atomic E-state index is 12.5. The number of anilines is 1. The van der Waals surface area contributed by atoms with Gasteiger partial charge >= 0.3 is 0 Å². The third kappa shape index (κ3) is 3.65. The van der Waals surface area contributed by atoms with Crippen LogP contribution >= 0.6 is 0 Å². The number of benzene rings is 2. The minimum absolute atomic E-state index is 0.0162. The number of aryl methyl sites for hydroxylation is 1. The van der Waals surface area contributed by atoms with Crippen LogP contribution in [0.2, 0.25) is 0 Å². The van der Waals surface area contributed by atoms with E-state index in [1.54, 1.807) is 4.90 Å². The zero-order chi connectivity index (χ0) is 16.9. The van der Waals surface area contributed by atoms with Crippen molar-refractivity contribution in [2.45, 2.75) is 32.2 Å². The second kappa shape index (κ2) is 7.30. The number of hydrogen-bond donors (Lipinski definition) is 1. The normalized spacial score (nSPS) is 15.4. The van der Waals surface area contributed by atoms with Crippen molar-refractivity contribution in [2.75, 3.05) is 11.4 Å². The summed E-state index contributed by atoms with van der Waals surface area (Å²) in [4.78, 5) is 26.5. The molecule has 0 bridgehead atoms. The average molecular weight is 322 g/mol. The van der Waals surface area contributed by atoms with Crippen molar-refractivity contribution in [3.05, 3.63) is 65.7 Å². The highest BCUT2D eigenvalue weighted by Gasteiger charge is 2.24. The van der Waals surface area contributed by atoms with Crippen molar-refractivity contribution in [1.82, 2.24) is 5.32 Å². The minimum Gasteiger partial charge on any atom is -0.348 e. The standard InChI is InChI=1S/C20H22N2O2/c1-15(16-8-3-2-4-9-16)21-19(23)14-22-18-12-6-5-10-17(18)11-7-13-20(22)24/h2-6,8-10,12,15H,7,11,13-14H2,1H3,(H,21,23)/t15-/m0/s1. The molecule has 1 N–H and O–H groups in total. The summed E-state index contributed by atoms with van der Waals surface area (Å²) in [5, 5.41) is 2.98. The fourth-order valence-electron chi connectivity index (χ4n) is 3.11. The van der Waals surface area contributed by atoms with Gasteiger partial charge in [0.05, 0.1) is 6.04 Å². The predicted molar refractivity (Wildman–Crippen MR) is 94.7 cm³/mol. The predicted octanol–water partition coefficient (Wildman–Crippen LogP) is 3.23. The lowest BCUT2D eigenvalue weighted by molar-refractivity contribution is -0.124. The Bertz CT molecular complexity index is 727. The molecule has 3 rings (SSSR count). The number of carbonyl (C=O) groups is 2. The molecular formula is C20H22N2O2.